The number of amides is 1. The number of hydrogen-bond acceptors (Lipinski definition) is 6. The monoisotopic (exact) mass is 597 g/mol. The van der Waals surface area contributed by atoms with Crippen molar-refractivity contribution in [3.63, 3.8) is 0 Å². The van der Waals surface area contributed by atoms with E-state index in [9.17, 15) is 34.8 Å². The molecular formula is C26H26F3N3O6S2. The van der Waals surface area contributed by atoms with Crippen molar-refractivity contribution in [2.24, 2.45) is 0 Å². The first-order chi connectivity index (χ1) is 18.8. The van der Waals surface area contributed by atoms with Crippen molar-refractivity contribution in [1.29, 1.82) is 0 Å². The molecule has 0 spiro atoms. The molecule has 0 radical (unpaired) electrons. The number of nitrogens with zero attached hydrogens (tertiary/aromatic N) is 1. The fourth-order valence-corrected chi connectivity index (χ4v) is 6.31. The van der Waals surface area contributed by atoms with Gasteiger partial charge in [0, 0.05) is 24.5 Å². The highest BCUT2D eigenvalue weighted by atomic mass is 32.2. The number of piperidine rings is 1. The lowest BCUT2D eigenvalue weighted by atomic mass is 10.1. The number of carbonyl (C=O) groups is 1. The molecule has 0 aromatic heterocycles. The van der Waals surface area contributed by atoms with E-state index in [2.05, 4.69) is 9.44 Å². The topological polar surface area (TPSA) is 122 Å². The summed E-state index contributed by atoms with van der Waals surface area (Å²) < 4.78 is 100. The van der Waals surface area contributed by atoms with Crippen LogP contribution in [0.25, 0.3) is 0 Å². The third kappa shape index (κ3) is 6.67. The SMILES string of the molecule is COc1ccc(S(=O)(=O)Nc2ccc(S(=O)(=O)Nc3cccc(C(F)(F)F)c3)cc2)cc1C(=O)N1CCCCC1. The first-order valence-electron chi connectivity index (χ1n) is 12.1. The van der Waals surface area contributed by atoms with Gasteiger partial charge >= 0.3 is 6.18 Å². The molecule has 0 atom stereocenters. The van der Waals surface area contributed by atoms with Gasteiger partial charge in [-0.2, -0.15) is 13.2 Å². The fraction of sp³-hybridized carbons (Fsp3) is 0.269. The molecule has 1 fully saturated rings. The highest BCUT2D eigenvalue weighted by Crippen LogP contribution is 2.31. The lowest BCUT2D eigenvalue weighted by Gasteiger charge is -2.27. The maximum Gasteiger partial charge on any atom is 0.416 e. The molecule has 9 nitrogen and oxygen atoms in total. The Kier molecular flexibility index (Phi) is 8.30. The van der Waals surface area contributed by atoms with Gasteiger partial charge in [0.25, 0.3) is 26.0 Å². The van der Waals surface area contributed by atoms with Crippen molar-refractivity contribution in [3.05, 3.63) is 77.9 Å². The molecule has 1 aliphatic rings. The van der Waals surface area contributed by atoms with E-state index in [0.29, 0.717) is 19.2 Å². The molecule has 4 rings (SSSR count). The zero-order valence-corrected chi connectivity index (χ0v) is 22.9. The van der Waals surface area contributed by atoms with Crippen LogP contribution < -0.4 is 14.2 Å². The highest BCUT2D eigenvalue weighted by molar-refractivity contribution is 7.93. The van der Waals surface area contributed by atoms with Crippen LogP contribution in [0.15, 0.2) is 76.5 Å². The first kappa shape index (κ1) is 29.2. The Labute approximate surface area is 230 Å². The Bertz CT molecular complexity index is 1600. The maximum atomic E-state index is 13.1. The van der Waals surface area contributed by atoms with E-state index in [1.165, 1.54) is 43.5 Å². The van der Waals surface area contributed by atoms with E-state index in [1.54, 1.807) is 4.90 Å². The van der Waals surface area contributed by atoms with Crippen molar-refractivity contribution in [2.45, 2.75) is 35.2 Å². The second-order valence-electron chi connectivity index (χ2n) is 9.03. The molecule has 3 aromatic carbocycles. The van der Waals surface area contributed by atoms with Gasteiger partial charge in [-0.15, -0.1) is 0 Å². The van der Waals surface area contributed by atoms with Crippen LogP contribution in [-0.4, -0.2) is 47.8 Å². The molecule has 0 saturated carbocycles. The van der Waals surface area contributed by atoms with Gasteiger partial charge in [-0.3, -0.25) is 14.2 Å². The van der Waals surface area contributed by atoms with Gasteiger partial charge in [0.1, 0.15) is 5.75 Å². The van der Waals surface area contributed by atoms with Crippen LogP contribution >= 0.6 is 0 Å². The predicted octanol–water partition coefficient (Wildman–Crippen LogP) is 4.94. The molecule has 40 heavy (non-hydrogen) atoms. The van der Waals surface area contributed by atoms with Crippen LogP contribution in [0, 0.1) is 0 Å². The van der Waals surface area contributed by atoms with E-state index >= 15 is 0 Å². The smallest absolute Gasteiger partial charge is 0.416 e. The van der Waals surface area contributed by atoms with Crippen LogP contribution in [0.2, 0.25) is 0 Å². The normalized spacial score (nSPS) is 14.4. The van der Waals surface area contributed by atoms with Gasteiger partial charge in [0.05, 0.1) is 28.0 Å². The quantitative estimate of drug-likeness (QED) is 0.379. The summed E-state index contributed by atoms with van der Waals surface area (Å²) in [6.45, 7) is 1.13. The summed E-state index contributed by atoms with van der Waals surface area (Å²) in [7, 11) is -7.08. The number of rotatable bonds is 8. The molecule has 0 unspecified atom stereocenters. The van der Waals surface area contributed by atoms with Crippen LogP contribution in [-0.2, 0) is 26.2 Å². The Balaban J connectivity index is 1.52. The molecule has 0 aliphatic carbocycles. The summed E-state index contributed by atoms with van der Waals surface area (Å²) in [6.07, 6.45) is -1.92. The number of halogens is 3. The number of anilines is 2. The van der Waals surface area contributed by atoms with Crippen molar-refractivity contribution in [2.75, 3.05) is 29.6 Å². The Morgan fingerprint density at radius 1 is 0.800 bits per heavy atom. The van der Waals surface area contributed by atoms with Crippen LogP contribution in [0.3, 0.4) is 0 Å². The third-order valence-electron chi connectivity index (χ3n) is 6.21. The zero-order valence-electron chi connectivity index (χ0n) is 21.2. The van der Waals surface area contributed by atoms with Gasteiger partial charge in [0.2, 0.25) is 0 Å². The minimum atomic E-state index is -4.65. The summed E-state index contributed by atoms with van der Waals surface area (Å²) in [5.74, 6) is -0.103. The van der Waals surface area contributed by atoms with Gasteiger partial charge in [-0.05, 0) is 79.9 Å². The lowest BCUT2D eigenvalue weighted by molar-refractivity contribution is -0.137. The molecule has 214 valence electrons. The number of carbonyl (C=O) groups excluding carboxylic acids is 1. The van der Waals surface area contributed by atoms with Crippen LogP contribution in [0.5, 0.6) is 5.75 Å². The number of likely N-dealkylation sites (tertiary alicyclic amines) is 1. The van der Waals surface area contributed by atoms with Gasteiger partial charge < -0.3 is 9.64 Å². The lowest BCUT2D eigenvalue weighted by Crippen LogP contribution is -2.35. The third-order valence-corrected chi connectivity index (χ3v) is 8.99. The molecule has 3 aromatic rings. The number of alkyl halides is 3. The van der Waals surface area contributed by atoms with E-state index in [4.69, 9.17) is 4.74 Å². The molecule has 2 N–H and O–H groups in total. The molecule has 1 saturated heterocycles. The second kappa shape index (κ2) is 11.4. The number of methoxy groups -OCH3 is 1. The van der Waals surface area contributed by atoms with Gasteiger partial charge in [-0.25, -0.2) is 16.8 Å². The predicted molar refractivity (Wildman–Crippen MR) is 142 cm³/mol. The first-order valence-corrected chi connectivity index (χ1v) is 15.1. The summed E-state index contributed by atoms with van der Waals surface area (Å²) >= 11 is 0. The average Bonchev–Trinajstić information content (AvgIpc) is 2.92. The summed E-state index contributed by atoms with van der Waals surface area (Å²) in [5, 5.41) is 0. The molecule has 1 amide bonds. The number of sulfonamides is 2. The summed E-state index contributed by atoms with van der Waals surface area (Å²) in [6, 6.07) is 12.2. The minimum absolute atomic E-state index is 0.0257. The van der Waals surface area contributed by atoms with E-state index in [1.807, 2.05) is 0 Å². The van der Waals surface area contributed by atoms with Crippen molar-refractivity contribution in [3.8, 4) is 5.75 Å². The number of nitrogens with one attached hydrogen (secondary N) is 2. The molecular weight excluding hydrogens is 571 g/mol. The zero-order chi connectivity index (χ0) is 29.1. The molecule has 1 aliphatic heterocycles. The molecule has 0 bridgehead atoms. The maximum absolute atomic E-state index is 13.1. The Morgan fingerprint density at radius 2 is 1.40 bits per heavy atom. The largest absolute Gasteiger partial charge is 0.496 e. The highest BCUT2D eigenvalue weighted by Gasteiger charge is 2.31. The van der Waals surface area contributed by atoms with Crippen LogP contribution in [0.4, 0.5) is 24.5 Å². The molecule has 1 heterocycles. The van der Waals surface area contributed by atoms with E-state index < -0.39 is 31.8 Å². The fourth-order valence-electron chi connectivity index (χ4n) is 4.18. The number of hydrogen-bond donors (Lipinski definition) is 2. The van der Waals surface area contributed by atoms with Crippen LogP contribution in [0.1, 0.15) is 35.2 Å². The van der Waals surface area contributed by atoms with Crippen molar-refractivity contribution in [1.82, 2.24) is 4.90 Å². The Hall–Kier alpha value is -3.78. The standard InChI is InChI=1S/C26H26F3N3O6S2/c1-38-24-13-12-22(17-23(24)25(33)32-14-3-2-4-15-32)40(36,37)30-19-8-10-21(11-9-19)39(34,35)31-20-7-5-6-18(16-20)26(27,28)29/h5-13,16-17,30-31H,2-4,14-15H2,1H3. The van der Waals surface area contributed by atoms with E-state index in [0.717, 1.165) is 43.5 Å². The van der Waals surface area contributed by atoms with E-state index in [-0.39, 0.29) is 38.4 Å². The average molecular weight is 598 g/mol. The van der Waals surface area contributed by atoms with Gasteiger partial charge in [-0.1, -0.05) is 6.07 Å². The second-order valence-corrected chi connectivity index (χ2v) is 12.4. The number of benzene rings is 3. The summed E-state index contributed by atoms with van der Waals surface area (Å²) in [5.41, 5.74) is -1.17. The van der Waals surface area contributed by atoms with Crippen molar-refractivity contribution < 1.29 is 39.5 Å². The summed E-state index contributed by atoms with van der Waals surface area (Å²) in [4.78, 5) is 14.2. The van der Waals surface area contributed by atoms with Crippen molar-refractivity contribution >= 4 is 37.3 Å². The number of ether oxygens (including phenoxy) is 1. The molecule has 14 heteroatoms. The minimum Gasteiger partial charge on any atom is -0.496 e. The van der Waals surface area contributed by atoms with Gasteiger partial charge in [0.15, 0.2) is 0 Å². The Morgan fingerprint density at radius 3 is 2.02 bits per heavy atom.